The Morgan fingerprint density at radius 3 is 2.08 bits per heavy atom. The smallest absolute Gasteiger partial charge is 0.221 e. The monoisotopic (exact) mass is 169 g/mol. The van der Waals surface area contributed by atoms with Crippen molar-refractivity contribution in [2.45, 2.75) is 27.2 Å². The van der Waals surface area contributed by atoms with Crippen molar-refractivity contribution in [2.75, 3.05) is 0 Å². The van der Waals surface area contributed by atoms with E-state index >= 15 is 0 Å². The standard InChI is InChI=1S/C9H15NO2/c1-5(11)6-4-7(8(10)12)9(6,2)3/h6-7H,4H2,1-3H3,(H2,10,12). The summed E-state index contributed by atoms with van der Waals surface area (Å²) < 4.78 is 0. The normalized spacial score (nSPS) is 32.2. The van der Waals surface area contributed by atoms with Crippen molar-refractivity contribution in [2.24, 2.45) is 23.0 Å². The highest BCUT2D eigenvalue weighted by atomic mass is 16.1. The Kier molecular flexibility index (Phi) is 1.98. The first-order valence-corrected chi connectivity index (χ1v) is 4.17. The van der Waals surface area contributed by atoms with E-state index in [1.807, 2.05) is 13.8 Å². The molecule has 2 N–H and O–H groups in total. The van der Waals surface area contributed by atoms with Crippen LogP contribution < -0.4 is 5.73 Å². The second-order valence-electron chi connectivity index (χ2n) is 4.18. The lowest BCUT2D eigenvalue weighted by molar-refractivity contribution is -0.146. The molecule has 2 atom stereocenters. The van der Waals surface area contributed by atoms with Gasteiger partial charge in [0.25, 0.3) is 0 Å². The second-order valence-corrected chi connectivity index (χ2v) is 4.18. The van der Waals surface area contributed by atoms with Gasteiger partial charge in [-0.25, -0.2) is 0 Å². The maximum atomic E-state index is 11.1. The third kappa shape index (κ3) is 1.13. The maximum absolute atomic E-state index is 11.1. The Balaban J connectivity index is 2.72. The molecule has 0 aliphatic heterocycles. The summed E-state index contributed by atoms with van der Waals surface area (Å²) in [5, 5.41) is 0. The maximum Gasteiger partial charge on any atom is 0.221 e. The molecule has 0 heterocycles. The van der Waals surface area contributed by atoms with Gasteiger partial charge < -0.3 is 5.73 Å². The lowest BCUT2D eigenvalue weighted by Crippen LogP contribution is -2.53. The van der Waals surface area contributed by atoms with Gasteiger partial charge in [-0.3, -0.25) is 9.59 Å². The molecule has 0 aromatic heterocycles. The largest absolute Gasteiger partial charge is 0.369 e. The predicted octanol–water partition coefficient (Wildman–Crippen LogP) is 0.723. The zero-order valence-electron chi connectivity index (χ0n) is 7.76. The molecule has 12 heavy (non-hydrogen) atoms. The molecular formula is C9H15NO2. The van der Waals surface area contributed by atoms with E-state index in [1.54, 1.807) is 6.92 Å². The van der Waals surface area contributed by atoms with Crippen LogP contribution >= 0.6 is 0 Å². The van der Waals surface area contributed by atoms with Crippen molar-refractivity contribution < 1.29 is 9.59 Å². The third-order valence-electron chi connectivity index (χ3n) is 3.10. The summed E-state index contributed by atoms with van der Waals surface area (Å²) in [6, 6.07) is 0. The van der Waals surface area contributed by atoms with Crippen LogP contribution in [0.4, 0.5) is 0 Å². The molecule has 1 saturated carbocycles. The fourth-order valence-corrected chi connectivity index (χ4v) is 2.10. The first kappa shape index (κ1) is 9.23. The number of hydrogen-bond acceptors (Lipinski definition) is 2. The van der Waals surface area contributed by atoms with Crippen LogP contribution in [0.5, 0.6) is 0 Å². The van der Waals surface area contributed by atoms with Gasteiger partial charge >= 0.3 is 0 Å². The summed E-state index contributed by atoms with van der Waals surface area (Å²) in [5.41, 5.74) is 4.96. The van der Waals surface area contributed by atoms with Crippen molar-refractivity contribution in [1.82, 2.24) is 0 Å². The number of nitrogens with two attached hydrogens (primary N) is 1. The minimum Gasteiger partial charge on any atom is -0.369 e. The summed E-state index contributed by atoms with van der Waals surface area (Å²) in [6.07, 6.45) is 0.637. The molecule has 3 heteroatoms. The highest BCUT2D eigenvalue weighted by Crippen LogP contribution is 2.51. The highest BCUT2D eigenvalue weighted by Gasteiger charge is 2.52. The van der Waals surface area contributed by atoms with E-state index < -0.39 is 0 Å². The minimum atomic E-state index is -0.280. The van der Waals surface area contributed by atoms with Gasteiger partial charge in [0.1, 0.15) is 5.78 Å². The lowest BCUT2D eigenvalue weighted by Gasteiger charge is -2.49. The van der Waals surface area contributed by atoms with Gasteiger partial charge in [-0.2, -0.15) is 0 Å². The Morgan fingerprint density at radius 2 is 1.83 bits per heavy atom. The molecule has 1 fully saturated rings. The molecule has 0 aromatic carbocycles. The summed E-state index contributed by atoms with van der Waals surface area (Å²) in [5.74, 6) is -0.212. The second kappa shape index (κ2) is 2.57. The first-order valence-electron chi connectivity index (χ1n) is 4.17. The lowest BCUT2D eigenvalue weighted by atomic mass is 9.53. The van der Waals surface area contributed by atoms with Crippen molar-refractivity contribution in [3.63, 3.8) is 0 Å². The zero-order valence-corrected chi connectivity index (χ0v) is 7.76. The van der Waals surface area contributed by atoms with Crippen LogP contribution in [-0.2, 0) is 9.59 Å². The Hall–Kier alpha value is -0.860. The van der Waals surface area contributed by atoms with E-state index in [4.69, 9.17) is 5.73 Å². The molecule has 0 radical (unpaired) electrons. The molecule has 0 aromatic rings. The number of ketones is 1. The van der Waals surface area contributed by atoms with Crippen LogP contribution in [0.15, 0.2) is 0 Å². The molecule has 0 spiro atoms. The Bertz CT molecular complexity index is 211. The highest BCUT2D eigenvalue weighted by molar-refractivity contribution is 5.86. The van der Waals surface area contributed by atoms with E-state index in [0.717, 1.165) is 0 Å². The van der Waals surface area contributed by atoms with Crippen molar-refractivity contribution >= 4 is 11.7 Å². The van der Waals surface area contributed by atoms with Gasteiger partial charge in [0.15, 0.2) is 0 Å². The van der Waals surface area contributed by atoms with E-state index in [0.29, 0.717) is 6.42 Å². The quantitative estimate of drug-likeness (QED) is 0.662. The van der Waals surface area contributed by atoms with Gasteiger partial charge in [0.2, 0.25) is 5.91 Å². The Labute approximate surface area is 72.3 Å². The number of carbonyl (C=O) groups is 2. The number of hydrogen-bond donors (Lipinski definition) is 1. The Morgan fingerprint density at radius 1 is 1.33 bits per heavy atom. The number of Topliss-reactive ketones (excluding diaryl/α,β-unsaturated/α-hetero) is 1. The topological polar surface area (TPSA) is 60.2 Å². The third-order valence-corrected chi connectivity index (χ3v) is 3.10. The molecule has 0 saturated heterocycles. The van der Waals surface area contributed by atoms with E-state index in [-0.39, 0.29) is 28.9 Å². The molecule has 2 unspecified atom stereocenters. The van der Waals surface area contributed by atoms with Gasteiger partial charge in [-0.1, -0.05) is 13.8 Å². The van der Waals surface area contributed by atoms with Crippen molar-refractivity contribution in [1.29, 1.82) is 0 Å². The number of amides is 1. The molecular weight excluding hydrogens is 154 g/mol. The molecule has 0 bridgehead atoms. The fraction of sp³-hybridized carbons (Fsp3) is 0.778. The van der Waals surface area contributed by atoms with Gasteiger partial charge in [0, 0.05) is 11.8 Å². The summed E-state index contributed by atoms with van der Waals surface area (Å²) in [7, 11) is 0. The van der Waals surface area contributed by atoms with Crippen LogP contribution in [0.2, 0.25) is 0 Å². The predicted molar refractivity (Wildman–Crippen MR) is 45.3 cm³/mol. The fourth-order valence-electron chi connectivity index (χ4n) is 2.10. The number of rotatable bonds is 2. The summed E-state index contributed by atoms with van der Waals surface area (Å²) in [6.45, 7) is 5.43. The zero-order chi connectivity index (χ0) is 9.52. The molecule has 1 amide bonds. The summed E-state index contributed by atoms with van der Waals surface area (Å²) in [4.78, 5) is 21.9. The molecule has 1 rings (SSSR count). The first-order chi connectivity index (χ1) is 5.37. The van der Waals surface area contributed by atoms with Crippen LogP contribution in [-0.4, -0.2) is 11.7 Å². The van der Waals surface area contributed by atoms with Crippen LogP contribution in [0.25, 0.3) is 0 Å². The van der Waals surface area contributed by atoms with Gasteiger partial charge in [-0.15, -0.1) is 0 Å². The van der Waals surface area contributed by atoms with Crippen molar-refractivity contribution in [3.05, 3.63) is 0 Å². The van der Waals surface area contributed by atoms with Crippen molar-refractivity contribution in [3.8, 4) is 0 Å². The SMILES string of the molecule is CC(=O)C1CC(C(N)=O)C1(C)C. The van der Waals surface area contributed by atoms with Crippen LogP contribution in [0, 0.1) is 17.3 Å². The van der Waals surface area contributed by atoms with Gasteiger partial charge in [-0.05, 0) is 18.8 Å². The minimum absolute atomic E-state index is 0.0231. The van der Waals surface area contributed by atoms with E-state index in [1.165, 1.54) is 0 Å². The summed E-state index contributed by atoms with van der Waals surface area (Å²) >= 11 is 0. The number of primary amides is 1. The molecule has 3 nitrogen and oxygen atoms in total. The van der Waals surface area contributed by atoms with E-state index in [2.05, 4.69) is 0 Å². The van der Waals surface area contributed by atoms with Crippen LogP contribution in [0.3, 0.4) is 0 Å². The van der Waals surface area contributed by atoms with E-state index in [9.17, 15) is 9.59 Å². The molecule has 68 valence electrons. The molecule has 1 aliphatic rings. The average molecular weight is 169 g/mol. The average Bonchev–Trinajstić information content (AvgIpc) is 1.83. The number of carbonyl (C=O) groups excluding carboxylic acids is 2. The van der Waals surface area contributed by atoms with Gasteiger partial charge in [0.05, 0.1) is 0 Å². The molecule has 1 aliphatic carbocycles. The van der Waals surface area contributed by atoms with Crippen LogP contribution in [0.1, 0.15) is 27.2 Å².